The van der Waals surface area contributed by atoms with E-state index in [2.05, 4.69) is 17.6 Å². The number of hydrogen-bond donors (Lipinski definition) is 2. The Morgan fingerprint density at radius 3 is 2.44 bits per heavy atom. The average molecular weight is 218 g/mol. The van der Waals surface area contributed by atoms with E-state index >= 15 is 0 Å². The van der Waals surface area contributed by atoms with Crippen LogP contribution in [0.2, 0.25) is 0 Å². The predicted molar refractivity (Wildman–Crippen MR) is 64.3 cm³/mol. The first-order valence-corrected chi connectivity index (χ1v) is 5.69. The van der Waals surface area contributed by atoms with E-state index in [0.717, 1.165) is 6.54 Å². The van der Waals surface area contributed by atoms with Crippen molar-refractivity contribution in [3.8, 4) is 0 Å². The van der Waals surface area contributed by atoms with Crippen LogP contribution in [0.4, 0.5) is 0 Å². The van der Waals surface area contributed by atoms with Crippen LogP contribution in [0, 0.1) is 0 Å². The van der Waals surface area contributed by atoms with Crippen molar-refractivity contribution in [2.75, 3.05) is 7.05 Å². The zero-order valence-corrected chi connectivity index (χ0v) is 9.84. The Morgan fingerprint density at radius 2 is 1.94 bits per heavy atom. The third-order valence-corrected chi connectivity index (χ3v) is 3.16. The van der Waals surface area contributed by atoms with Crippen LogP contribution in [-0.4, -0.2) is 18.5 Å². The molecule has 1 aliphatic carbocycles. The van der Waals surface area contributed by atoms with Crippen LogP contribution in [-0.2, 0) is 6.54 Å². The topological polar surface area (TPSA) is 41.1 Å². The minimum Gasteiger partial charge on any atom is -0.355 e. The summed E-state index contributed by atoms with van der Waals surface area (Å²) in [5, 5.41) is 6.12. The second kappa shape index (κ2) is 4.26. The Labute approximate surface area is 96.2 Å². The highest BCUT2D eigenvalue weighted by atomic mass is 16.1. The van der Waals surface area contributed by atoms with Gasteiger partial charge in [0.2, 0.25) is 0 Å². The second-order valence-electron chi connectivity index (χ2n) is 4.69. The molecule has 1 amide bonds. The number of rotatable bonds is 4. The number of amides is 1. The molecule has 0 aromatic heterocycles. The molecule has 0 bridgehead atoms. The maximum atomic E-state index is 11.3. The molecule has 0 heterocycles. The van der Waals surface area contributed by atoms with Crippen molar-refractivity contribution < 1.29 is 4.79 Å². The minimum atomic E-state index is -0.0336. The molecule has 86 valence electrons. The standard InChI is InChI=1S/C13H18N2O/c1-13(7-8-13)15-9-10-3-5-11(6-4-10)12(16)14-2/h3-6,15H,7-9H2,1-2H3,(H,14,16). The molecule has 0 unspecified atom stereocenters. The van der Waals surface area contributed by atoms with E-state index in [1.165, 1.54) is 18.4 Å². The van der Waals surface area contributed by atoms with E-state index in [1.54, 1.807) is 7.05 Å². The van der Waals surface area contributed by atoms with Gasteiger partial charge in [-0.3, -0.25) is 4.79 Å². The van der Waals surface area contributed by atoms with Gasteiger partial charge in [-0.05, 0) is 37.5 Å². The van der Waals surface area contributed by atoms with Crippen molar-refractivity contribution in [1.29, 1.82) is 0 Å². The van der Waals surface area contributed by atoms with Gasteiger partial charge in [0.05, 0.1) is 0 Å². The molecule has 0 aliphatic heterocycles. The minimum absolute atomic E-state index is 0.0336. The predicted octanol–water partition coefficient (Wildman–Crippen LogP) is 1.69. The van der Waals surface area contributed by atoms with Gasteiger partial charge in [0, 0.05) is 24.7 Å². The summed E-state index contributed by atoms with van der Waals surface area (Å²) in [5.74, 6) is -0.0336. The fraction of sp³-hybridized carbons (Fsp3) is 0.462. The van der Waals surface area contributed by atoms with Crippen molar-refractivity contribution in [2.24, 2.45) is 0 Å². The van der Waals surface area contributed by atoms with Crippen LogP contribution in [0.15, 0.2) is 24.3 Å². The second-order valence-corrected chi connectivity index (χ2v) is 4.69. The van der Waals surface area contributed by atoms with E-state index in [-0.39, 0.29) is 5.91 Å². The van der Waals surface area contributed by atoms with Crippen LogP contribution in [0.3, 0.4) is 0 Å². The van der Waals surface area contributed by atoms with Crippen LogP contribution in [0.25, 0.3) is 0 Å². The Bertz CT molecular complexity index is 379. The summed E-state index contributed by atoms with van der Waals surface area (Å²) in [6, 6.07) is 7.74. The highest BCUT2D eigenvalue weighted by molar-refractivity contribution is 5.93. The van der Waals surface area contributed by atoms with Gasteiger partial charge in [0.15, 0.2) is 0 Å². The Balaban J connectivity index is 1.93. The lowest BCUT2D eigenvalue weighted by atomic mass is 10.1. The monoisotopic (exact) mass is 218 g/mol. The molecular formula is C13H18N2O. The largest absolute Gasteiger partial charge is 0.355 e. The number of carbonyl (C=O) groups excluding carboxylic acids is 1. The number of benzene rings is 1. The number of carbonyl (C=O) groups is 1. The van der Waals surface area contributed by atoms with Gasteiger partial charge in [-0.1, -0.05) is 12.1 Å². The van der Waals surface area contributed by atoms with Crippen molar-refractivity contribution in [3.05, 3.63) is 35.4 Å². The SMILES string of the molecule is CNC(=O)c1ccc(CNC2(C)CC2)cc1. The quantitative estimate of drug-likeness (QED) is 0.807. The van der Waals surface area contributed by atoms with Crippen LogP contribution in [0.1, 0.15) is 35.7 Å². The van der Waals surface area contributed by atoms with E-state index in [9.17, 15) is 4.79 Å². The molecule has 0 saturated heterocycles. The summed E-state index contributed by atoms with van der Waals surface area (Å²) in [7, 11) is 1.64. The van der Waals surface area contributed by atoms with Gasteiger partial charge in [0.1, 0.15) is 0 Å². The molecule has 2 rings (SSSR count). The van der Waals surface area contributed by atoms with E-state index in [1.807, 2.05) is 24.3 Å². The Kier molecular flexibility index (Phi) is 2.97. The lowest BCUT2D eigenvalue weighted by Crippen LogP contribution is -2.27. The summed E-state index contributed by atoms with van der Waals surface area (Å²) in [6.45, 7) is 3.12. The smallest absolute Gasteiger partial charge is 0.251 e. The first-order valence-electron chi connectivity index (χ1n) is 5.69. The first-order chi connectivity index (χ1) is 7.63. The number of nitrogens with one attached hydrogen (secondary N) is 2. The van der Waals surface area contributed by atoms with Gasteiger partial charge in [-0.2, -0.15) is 0 Å². The normalized spacial score (nSPS) is 16.9. The van der Waals surface area contributed by atoms with Gasteiger partial charge < -0.3 is 10.6 Å². The van der Waals surface area contributed by atoms with Crippen LogP contribution < -0.4 is 10.6 Å². The van der Waals surface area contributed by atoms with Crippen LogP contribution in [0.5, 0.6) is 0 Å². The van der Waals surface area contributed by atoms with E-state index in [4.69, 9.17) is 0 Å². The summed E-state index contributed by atoms with van der Waals surface area (Å²) < 4.78 is 0. The third-order valence-electron chi connectivity index (χ3n) is 3.16. The molecule has 3 nitrogen and oxygen atoms in total. The summed E-state index contributed by atoms with van der Waals surface area (Å²) >= 11 is 0. The zero-order chi connectivity index (χ0) is 11.6. The van der Waals surface area contributed by atoms with Gasteiger partial charge in [-0.25, -0.2) is 0 Å². The Morgan fingerprint density at radius 1 is 1.31 bits per heavy atom. The molecule has 0 spiro atoms. The molecule has 1 aromatic carbocycles. The van der Waals surface area contributed by atoms with Crippen molar-refractivity contribution in [3.63, 3.8) is 0 Å². The van der Waals surface area contributed by atoms with Gasteiger partial charge >= 0.3 is 0 Å². The average Bonchev–Trinajstić information content (AvgIpc) is 3.05. The first kappa shape index (κ1) is 11.1. The lowest BCUT2D eigenvalue weighted by Gasteiger charge is -2.11. The highest BCUT2D eigenvalue weighted by Crippen LogP contribution is 2.34. The van der Waals surface area contributed by atoms with Crippen molar-refractivity contribution in [2.45, 2.75) is 31.8 Å². The third kappa shape index (κ3) is 2.61. The molecule has 1 fully saturated rings. The fourth-order valence-corrected chi connectivity index (χ4v) is 1.60. The van der Waals surface area contributed by atoms with Crippen molar-refractivity contribution in [1.82, 2.24) is 10.6 Å². The molecule has 3 heteroatoms. The summed E-state index contributed by atoms with van der Waals surface area (Å²) in [5.41, 5.74) is 2.30. The number of hydrogen-bond acceptors (Lipinski definition) is 2. The molecule has 16 heavy (non-hydrogen) atoms. The molecule has 1 saturated carbocycles. The van der Waals surface area contributed by atoms with E-state index < -0.39 is 0 Å². The fourth-order valence-electron chi connectivity index (χ4n) is 1.60. The summed E-state index contributed by atoms with van der Waals surface area (Å²) in [4.78, 5) is 11.3. The molecule has 1 aromatic rings. The Hall–Kier alpha value is -1.35. The zero-order valence-electron chi connectivity index (χ0n) is 9.84. The molecule has 0 atom stereocenters. The maximum Gasteiger partial charge on any atom is 0.251 e. The molecule has 2 N–H and O–H groups in total. The van der Waals surface area contributed by atoms with E-state index in [0.29, 0.717) is 11.1 Å². The van der Waals surface area contributed by atoms with Crippen LogP contribution >= 0.6 is 0 Å². The molecule has 0 radical (unpaired) electrons. The van der Waals surface area contributed by atoms with Gasteiger partial charge in [0.25, 0.3) is 5.91 Å². The molecule has 1 aliphatic rings. The lowest BCUT2D eigenvalue weighted by molar-refractivity contribution is 0.0963. The van der Waals surface area contributed by atoms with Crippen molar-refractivity contribution >= 4 is 5.91 Å². The summed E-state index contributed by atoms with van der Waals surface area (Å²) in [6.07, 6.45) is 2.53. The van der Waals surface area contributed by atoms with Gasteiger partial charge in [-0.15, -0.1) is 0 Å². The maximum absolute atomic E-state index is 11.3. The highest BCUT2D eigenvalue weighted by Gasteiger charge is 2.36. The molecular weight excluding hydrogens is 200 g/mol.